The van der Waals surface area contributed by atoms with Crippen molar-refractivity contribution in [2.24, 2.45) is 0 Å². The number of aromatic nitrogens is 1. The van der Waals surface area contributed by atoms with Crippen molar-refractivity contribution in [1.82, 2.24) is 10.3 Å². The molecule has 0 radical (unpaired) electrons. The first-order valence-corrected chi connectivity index (χ1v) is 5.15. The second-order valence-electron chi connectivity index (χ2n) is 3.63. The third kappa shape index (κ3) is 1.90. The molecule has 2 heterocycles. The fraction of sp³-hybridized carbons (Fsp3) is 0.500. The van der Waals surface area contributed by atoms with E-state index < -0.39 is 5.60 Å². The molecule has 3 nitrogen and oxygen atoms in total. The SMILES string of the molecule is OC1(c2cccc(Cl)n2)CCNCC1. The number of nitrogens with zero attached hydrogens (tertiary/aromatic N) is 1. The predicted octanol–water partition coefficient (Wildman–Crippen LogP) is 1.31. The molecule has 0 aromatic carbocycles. The molecule has 1 aliphatic rings. The summed E-state index contributed by atoms with van der Waals surface area (Å²) in [4.78, 5) is 4.16. The van der Waals surface area contributed by atoms with Gasteiger partial charge in [0, 0.05) is 0 Å². The van der Waals surface area contributed by atoms with Gasteiger partial charge in [-0.25, -0.2) is 4.98 Å². The molecule has 2 N–H and O–H groups in total. The van der Waals surface area contributed by atoms with Crippen LogP contribution in [-0.2, 0) is 5.60 Å². The maximum absolute atomic E-state index is 10.3. The molecule has 1 aromatic rings. The summed E-state index contributed by atoms with van der Waals surface area (Å²) < 4.78 is 0. The summed E-state index contributed by atoms with van der Waals surface area (Å²) in [5, 5.41) is 13.9. The second kappa shape index (κ2) is 3.85. The Labute approximate surface area is 88.1 Å². The molecular formula is C10H13ClN2O. The van der Waals surface area contributed by atoms with Crippen LogP contribution in [0, 0.1) is 0 Å². The number of pyridine rings is 1. The molecule has 76 valence electrons. The van der Waals surface area contributed by atoms with Crippen molar-refractivity contribution in [3.8, 4) is 0 Å². The average Bonchev–Trinajstić information content (AvgIpc) is 2.19. The Balaban J connectivity index is 2.28. The monoisotopic (exact) mass is 212 g/mol. The van der Waals surface area contributed by atoms with Crippen LogP contribution >= 0.6 is 11.6 Å². The Kier molecular flexibility index (Phi) is 2.72. The molecule has 0 saturated carbocycles. The predicted molar refractivity (Wildman–Crippen MR) is 55.2 cm³/mol. The number of piperidine rings is 1. The molecule has 0 bridgehead atoms. The van der Waals surface area contributed by atoms with Crippen LogP contribution < -0.4 is 5.32 Å². The lowest BCUT2D eigenvalue weighted by atomic mass is 9.89. The fourth-order valence-corrected chi connectivity index (χ4v) is 1.93. The molecule has 1 fully saturated rings. The number of hydrogen-bond acceptors (Lipinski definition) is 3. The molecule has 0 amide bonds. The van der Waals surface area contributed by atoms with Gasteiger partial charge in [0.15, 0.2) is 0 Å². The quantitative estimate of drug-likeness (QED) is 0.690. The van der Waals surface area contributed by atoms with E-state index in [-0.39, 0.29) is 0 Å². The van der Waals surface area contributed by atoms with Gasteiger partial charge in [-0.2, -0.15) is 0 Å². The smallest absolute Gasteiger partial charge is 0.129 e. The van der Waals surface area contributed by atoms with E-state index in [1.54, 1.807) is 6.07 Å². The Morgan fingerprint density at radius 2 is 2.07 bits per heavy atom. The van der Waals surface area contributed by atoms with Gasteiger partial charge >= 0.3 is 0 Å². The lowest BCUT2D eigenvalue weighted by molar-refractivity contribution is 0.00189. The summed E-state index contributed by atoms with van der Waals surface area (Å²) in [7, 11) is 0. The standard InChI is InChI=1S/C10H13ClN2O/c11-9-3-1-2-8(13-9)10(14)4-6-12-7-5-10/h1-3,12,14H,4-7H2. The van der Waals surface area contributed by atoms with E-state index >= 15 is 0 Å². The topological polar surface area (TPSA) is 45.2 Å². The minimum atomic E-state index is -0.795. The summed E-state index contributed by atoms with van der Waals surface area (Å²) in [6, 6.07) is 5.37. The van der Waals surface area contributed by atoms with Gasteiger partial charge in [-0.05, 0) is 38.1 Å². The highest BCUT2D eigenvalue weighted by Gasteiger charge is 2.32. The lowest BCUT2D eigenvalue weighted by Gasteiger charge is -2.31. The zero-order valence-electron chi connectivity index (χ0n) is 7.83. The van der Waals surface area contributed by atoms with E-state index in [1.165, 1.54) is 0 Å². The van der Waals surface area contributed by atoms with E-state index in [0.717, 1.165) is 13.1 Å². The van der Waals surface area contributed by atoms with Crippen molar-refractivity contribution >= 4 is 11.6 Å². The van der Waals surface area contributed by atoms with Gasteiger partial charge < -0.3 is 10.4 Å². The fourth-order valence-electron chi connectivity index (χ4n) is 1.76. The molecule has 0 aliphatic carbocycles. The maximum Gasteiger partial charge on any atom is 0.129 e. The van der Waals surface area contributed by atoms with Gasteiger partial charge in [0.1, 0.15) is 10.8 Å². The van der Waals surface area contributed by atoms with E-state index in [4.69, 9.17) is 11.6 Å². The third-order valence-electron chi connectivity index (χ3n) is 2.62. The molecule has 1 aliphatic heterocycles. The number of nitrogens with one attached hydrogen (secondary N) is 1. The zero-order chi connectivity index (χ0) is 10.0. The minimum absolute atomic E-state index is 0.439. The van der Waals surface area contributed by atoms with Crippen molar-refractivity contribution < 1.29 is 5.11 Å². The third-order valence-corrected chi connectivity index (χ3v) is 2.83. The number of rotatable bonds is 1. The molecule has 1 saturated heterocycles. The van der Waals surface area contributed by atoms with Crippen LogP contribution in [-0.4, -0.2) is 23.2 Å². The van der Waals surface area contributed by atoms with Crippen LogP contribution in [0.4, 0.5) is 0 Å². The summed E-state index contributed by atoms with van der Waals surface area (Å²) in [6.45, 7) is 1.65. The van der Waals surface area contributed by atoms with E-state index in [9.17, 15) is 5.11 Å². The van der Waals surface area contributed by atoms with E-state index in [1.807, 2.05) is 12.1 Å². The summed E-state index contributed by atoms with van der Waals surface area (Å²) in [6.07, 6.45) is 1.39. The Morgan fingerprint density at radius 1 is 1.36 bits per heavy atom. The summed E-state index contributed by atoms with van der Waals surface area (Å²) in [5.41, 5.74) is -0.109. The zero-order valence-corrected chi connectivity index (χ0v) is 8.59. The van der Waals surface area contributed by atoms with Crippen molar-refractivity contribution in [2.45, 2.75) is 18.4 Å². The van der Waals surface area contributed by atoms with Gasteiger partial charge in [-0.1, -0.05) is 17.7 Å². The van der Waals surface area contributed by atoms with Crippen LogP contribution in [0.15, 0.2) is 18.2 Å². The van der Waals surface area contributed by atoms with Crippen LogP contribution in [0.1, 0.15) is 18.5 Å². The molecule has 14 heavy (non-hydrogen) atoms. The second-order valence-corrected chi connectivity index (χ2v) is 4.01. The number of hydrogen-bond donors (Lipinski definition) is 2. The van der Waals surface area contributed by atoms with Gasteiger partial charge in [-0.15, -0.1) is 0 Å². The Morgan fingerprint density at radius 3 is 2.71 bits per heavy atom. The molecular weight excluding hydrogens is 200 g/mol. The van der Waals surface area contributed by atoms with E-state index in [2.05, 4.69) is 10.3 Å². The van der Waals surface area contributed by atoms with Crippen LogP contribution in [0.3, 0.4) is 0 Å². The first-order valence-electron chi connectivity index (χ1n) is 4.77. The van der Waals surface area contributed by atoms with E-state index in [0.29, 0.717) is 23.7 Å². The molecule has 0 atom stereocenters. The normalized spacial score (nSPS) is 20.7. The van der Waals surface area contributed by atoms with Gasteiger partial charge in [0.2, 0.25) is 0 Å². The Hall–Kier alpha value is -0.640. The number of halogens is 1. The molecule has 0 unspecified atom stereocenters. The highest BCUT2D eigenvalue weighted by molar-refractivity contribution is 6.29. The summed E-state index contributed by atoms with van der Waals surface area (Å²) >= 11 is 5.79. The largest absolute Gasteiger partial charge is 0.383 e. The van der Waals surface area contributed by atoms with Crippen LogP contribution in [0.5, 0.6) is 0 Å². The first kappa shape index (κ1) is 9.90. The van der Waals surface area contributed by atoms with Crippen molar-refractivity contribution in [2.75, 3.05) is 13.1 Å². The van der Waals surface area contributed by atoms with Crippen LogP contribution in [0.25, 0.3) is 0 Å². The van der Waals surface area contributed by atoms with Gasteiger partial charge in [0.25, 0.3) is 0 Å². The highest BCUT2D eigenvalue weighted by atomic mass is 35.5. The number of aliphatic hydroxyl groups is 1. The van der Waals surface area contributed by atoms with Crippen molar-refractivity contribution in [1.29, 1.82) is 0 Å². The molecule has 4 heteroatoms. The van der Waals surface area contributed by atoms with Gasteiger partial charge in [-0.3, -0.25) is 0 Å². The lowest BCUT2D eigenvalue weighted by Crippen LogP contribution is -2.40. The maximum atomic E-state index is 10.3. The van der Waals surface area contributed by atoms with Crippen molar-refractivity contribution in [3.05, 3.63) is 29.0 Å². The van der Waals surface area contributed by atoms with Gasteiger partial charge in [0.05, 0.1) is 5.69 Å². The highest BCUT2D eigenvalue weighted by Crippen LogP contribution is 2.29. The van der Waals surface area contributed by atoms with Crippen LogP contribution in [0.2, 0.25) is 5.15 Å². The minimum Gasteiger partial charge on any atom is -0.383 e. The first-order chi connectivity index (χ1) is 6.71. The molecule has 0 spiro atoms. The molecule has 1 aromatic heterocycles. The molecule has 2 rings (SSSR count). The average molecular weight is 213 g/mol. The Bertz CT molecular complexity index is 324. The summed E-state index contributed by atoms with van der Waals surface area (Å²) in [5.74, 6) is 0. The van der Waals surface area contributed by atoms with Crippen molar-refractivity contribution in [3.63, 3.8) is 0 Å².